The lowest BCUT2D eigenvalue weighted by Crippen LogP contribution is -2.63. The molecule has 7 nitrogen and oxygen atoms in total. The molecule has 0 radical (unpaired) electrons. The van der Waals surface area contributed by atoms with Crippen LogP contribution >= 0.6 is 0 Å². The van der Waals surface area contributed by atoms with E-state index in [9.17, 15) is 0 Å². The zero-order valence-electron chi connectivity index (χ0n) is 47.2. The Morgan fingerprint density at radius 3 is 1.00 bits per heavy atom. The zero-order chi connectivity index (χ0) is 57.1. The number of hydrogen-bond acceptors (Lipinski definition) is 6. The van der Waals surface area contributed by atoms with Crippen molar-refractivity contribution in [2.45, 2.75) is 0 Å². The predicted molar refractivity (Wildman–Crippen MR) is 362 cm³/mol. The molecule has 14 aromatic rings. The fraction of sp³-hybridized carbons (Fsp3) is 0. The molecule has 18 rings (SSSR count). The second kappa shape index (κ2) is 19.6. The lowest BCUT2D eigenvalue weighted by molar-refractivity contribution is 0.462. The van der Waals surface area contributed by atoms with Crippen LogP contribution < -0.4 is 61.9 Å². The van der Waals surface area contributed by atoms with Crippen LogP contribution in [0.2, 0.25) is 0 Å². The molecule has 0 fully saturated rings. The molecule has 0 saturated carbocycles. The van der Waals surface area contributed by atoms with E-state index in [-0.39, 0.29) is 13.4 Å². The fourth-order valence-corrected chi connectivity index (χ4v) is 14.5. The molecule has 0 spiro atoms. The standard InChI is InChI=1S/C78H51B2N5O2/c1-7-27-52(28-8-1)81(53-29-9-2-10-30-53)58-47-70-74-72(49-58)86-77-64(79(74)62-41-21-25-45-68(62)83(70)56-35-15-5-16-36-56)51-65-78(76(77)85-66-43-23-19-39-60(66)61-40-20-24-44-67(61)85)87-73-50-59(82(54-31-11-3-12-32-54)55-33-13-4-14-34-55)48-71-75(73)80(65)63-42-22-26-46-69(63)84(71)57-37-17-6-18-38-57/h1-51H. The van der Waals surface area contributed by atoms with Gasteiger partial charge in [0.15, 0.2) is 11.5 Å². The van der Waals surface area contributed by atoms with Crippen LogP contribution in [0.25, 0.3) is 27.5 Å². The summed E-state index contributed by atoms with van der Waals surface area (Å²) in [5, 5.41) is 2.29. The normalized spacial score (nSPS) is 12.9. The average molecular weight is 1110 g/mol. The van der Waals surface area contributed by atoms with E-state index in [1.807, 2.05) is 0 Å². The largest absolute Gasteiger partial charge is 0.456 e. The van der Waals surface area contributed by atoms with Gasteiger partial charge in [-0.25, -0.2) is 0 Å². The third kappa shape index (κ3) is 7.52. The number of rotatable bonds is 9. The molecular formula is C78H51B2N5O2. The Morgan fingerprint density at radius 1 is 0.276 bits per heavy atom. The van der Waals surface area contributed by atoms with Gasteiger partial charge in [0.05, 0.1) is 22.4 Å². The molecule has 0 N–H and O–H groups in total. The Labute approximate surface area is 505 Å². The molecule has 87 heavy (non-hydrogen) atoms. The summed E-state index contributed by atoms with van der Waals surface area (Å²) in [5.41, 5.74) is 22.2. The number of nitrogens with zero attached hydrogens (tertiary/aromatic N) is 5. The number of para-hydroxylation sites is 10. The first-order valence-electron chi connectivity index (χ1n) is 29.8. The highest BCUT2D eigenvalue weighted by Crippen LogP contribution is 2.52. The van der Waals surface area contributed by atoms with Crippen molar-refractivity contribution in [2.75, 3.05) is 19.6 Å². The van der Waals surface area contributed by atoms with E-state index in [2.05, 4.69) is 334 Å². The van der Waals surface area contributed by atoms with Crippen LogP contribution in [-0.2, 0) is 0 Å². The minimum Gasteiger partial charge on any atom is -0.456 e. The summed E-state index contributed by atoms with van der Waals surface area (Å²) in [6, 6.07) is 112. The van der Waals surface area contributed by atoms with Crippen LogP contribution in [0.4, 0.5) is 68.2 Å². The number of ether oxygens (including phenoxy) is 2. The average Bonchev–Trinajstić information content (AvgIpc) is 1.39. The number of hydrogen-bond donors (Lipinski definition) is 0. The molecule has 0 aliphatic carbocycles. The lowest BCUT2D eigenvalue weighted by Gasteiger charge is -2.43. The number of anilines is 12. The lowest BCUT2D eigenvalue weighted by atomic mass is 9.31. The van der Waals surface area contributed by atoms with Crippen molar-refractivity contribution in [1.29, 1.82) is 0 Å². The maximum absolute atomic E-state index is 8.05. The van der Waals surface area contributed by atoms with Gasteiger partial charge in [-0.2, -0.15) is 0 Å². The topological polar surface area (TPSA) is 36.4 Å². The van der Waals surface area contributed by atoms with E-state index in [1.165, 1.54) is 10.9 Å². The third-order valence-corrected chi connectivity index (χ3v) is 18.0. The quantitative estimate of drug-likeness (QED) is 0.134. The fourth-order valence-electron chi connectivity index (χ4n) is 14.5. The molecule has 5 heterocycles. The molecule has 0 amide bonds. The molecular weight excluding hydrogens is 1060 g/mol. The summed E-state index contributed by atoms with van der Waals surface area (Å²) in [6.07, 6.45) is 0. The van der Waals surface area contributed by atoms with E-state index in [0.29, 0.717) is 0 Å². The van der Waals surface area contributed by atoms with Gasteiger partial charge >= 0.3 is 0 Å². The van der Waals surface area contributed by atoms with Crippen molar-refractivity contribution in [2.24, 2.45) is 0 Å². The van der Waals surface area contributed by atoms with E-state index in [1.54, 1.807) is 0 Å². The highest BCUT2D eigenvalue weighted by atomic mass is 16.5. The summed E-state index contributed by atoms with van der Waals surface area (Å²) < 4.78 is 18.5. The van der Waals surface area contributed by atoms with Crippen LogP contribution in [0.3, 0.4) is 0 Å². The van der Waals surface area contributed by atoms with Crippen molar-refractivity contribution in [3.63, 3.8) is 0 Å². The first-order valence-corrected chi connectivity index (χ1v) is 29.8. The van der Waals surface area contributed by atoms with Gasteiger partial charge in [0.2, 0.25) is 0 Å². The summed E-state index contributed by atoms with van der Waals surface area (Å²) in [6.45, 7) is -0.535. The molecule has 4 aliphatic rings. The molecule has 0 atom stereocenters. The van der Waals surface area contributed by atoms with E-state index in [4.69, 9.17) is 9.47 Å². The minimum absolute atomic E-state index is 0.267. The Kier molecular flexibility index (Phi) is 11.0. The Balaban J connectivity index is 0.969. The maximum Gasteiger partial charge on any atom is 0.256 e. The van der Waals surface area contributed by atoms with E-state index < -0.39 is 0 Å². The monoisotopic (exact) mass is 1110 g/mol. The van der Waals surface area contributed by atoms with E-state index >= 15 is 0 Å². The predicted octanol–water partition coefficient (Wildman–Crippen LogP) is 16.5. The number of fused-ring (bicyclic) bond motifs is 11. The second-order valence-electron chi connectivity index (χ2n) is 22.7. The van der Waals surface area contributed by atoms with Crippen molar-refractivity contribution < 1.29 is 9.47 Å². The highest BCUT2D eigenvalue weighted by molar-refractivity contribution is 7.02. The van der Waals surface area contributed by atoms with Gasteiger partial charge in [-0.05, 0) is 142 Å². The van der Waals surface area contributed by atoms with Crippen LogP contribution in [0.15, 0.2) is 309 Å². The van der Waals surface area contributed by atoms with E-state index in [0.717, 1.165) is 141 Å². The first-order chi connectivity index (χ1) is 43.2. The SMILES string of the molecule is c1ccc(N(c2ccccc2)c2cc3c4c(c2)N(c2ccccc2)c2ccccc2B4c2cc4c(c(-n5c6ccccc6c6ccccc65)c2O3)Oc2cc(N(c3ccccc3)c3ccccc3)cc3c2B4c2ccccc2N3c2ccccc2)cc1. The summed E-state index contributed by atoms with van der Waals surface area (Å²) in [5.74, 6) is 3.05. The van der Waals surface area contributed by atoms with Gasteiger partial charge in [0.25, 0.3) is 13.4 Å². The molecule has 0 unspecified atom stereocenters. The molecule has 1 aromatic heterocycles. The highest BCUT2D eigenvalue weighted by Gasteiger charge is 2.49. The smallest absolute Gasteiger partial charge is 0.256 e. The summed E-state index contributed by atoms with van der Waals surface area (Å²) in [4.78, 5) is 9.57. The Bertz CT molecular complexity index is 4640. The maximum atomic E-state index is 8.05. The second-order valence-corrected chi connectivity index (χ2v) is 22.7. The number of benzene rings is 13. The zero-order valence-corrected chi connectivity index (χ0v) is 47.2. The Morgan fingerprint density at radius 2 is 0.609 bits per heavy atom. The van der Waals surface area contributed by atoms with Gasteiger partial charge in [0.1, 0.15) is 17.2 Å². The van der Waals surface area contributed by atoms with Gasteiger partial charge in [-0.1, -0.05) is 188 Å². The summed E-state index contributed by atoms with van der Waals surface area (Å²) in [7, 11) is 0. The van der Waals surface area contributed by atoms with Crippen LogP contribution in [0.1, 0.15) is 0 Å². The van der Waals surface area contributed by atoms with Crippen LogP contribution in [0.5, 0.6) is 23.0 Å². The molecule has 0 saturated heterocycles. The third-order valence-electron chi connectivity index (χ3n) is 18.0. The molecule has 0 bridgehead atoms. The first kappa shape index (κ1) is 49.1. The van der Waals surface area contributed by atoms with Crippen molar-refractivity contribution >= 4 is 136 Å². The number of aromatic nitrogens is 1. The minimum atomic E-state index is -0.267. The Hall–Kier alpha value is -11.4. The molecule has 4 aliphatic heterocycles. The molecule has 13 aromatic carbocycles. The van der Waals surface area contributed by atoms with Crippen LogP contribution in [-0.4, -0.2) is 18.0 Å². The van der Waals surface area contributed by atoms with Gasteiger partial charge in [-0.15, -0.1) is 0 Å². The van der Waals surface area contributed by atoms with Gasteiger partial charge < -0.3 is 33.6 Å². The van der Waals surface area contributed by atoms with Crippen molar-refractivity contribution in [3.8, 4) is 28.7 Å². The van der Waals surface area contributed by atoms with Crippen LogP contribution in [0, 0.1) is 0 Å². The molecule has 9 heteroatoms. The molecule has 406 valence electrons. The van der Waals surface area contributed by atoms with Crippen molar-refractivity contribution in [3.05, 3.63) is 309 Å². The van der Waals surface area contributed by atoms with Crippen molar-refractivity contribution in [1.82, 2.24) is 4.57 Å². The van der Waals surface area contributed by atoms with Gasteiger partial charge in [0, 0.05) is 79.8 Å². The van der Waals surface area contributed by atoms with Gasteiger partial charge in [-0.3, -0.25) is 0 Å². The summed E-state index contributed by atoms with van der Waals surface area (Å²) >= 11 is 0.